The second kappa shape index (κ2) is 6.40. The molecule has 3 rings (SSSR count). The lowest BCUT2D eigenvalue weighted by Gasteiger charge is -2.22. The Morgan fingerprint density at radius 1 is 1.20 bits per heavy atom. The predicted molar refractivity (Wildman–Crippen MR) is 90.2 cm³/mol. The molecule has 1 aromatic heterocycles. The molecule has 3 aromatic rings. The average molecular weight is 340 g/mol. The van der Waals surface area contributed by atoms with Gasteiger partial charge in [-0.1, -0.05) is 12.1 Å². The summed E-state index contributed by atoms with van der Waals surface area (Å²) in [7, 11) is 0. The first-order valence-corrected chi connectivity index (χ1v) is 7.17. The molecule has 0 aliphatic carbocycles. The Hall–Kier alpha value is -3.75. The number of nitrogens with one attached hydrogen (secondary N) is 1. The van der Waals surface area contributed by atoms with Gasteiger partial charge in [0.15, 0.2) is 0 Å². The van der Waals surface area contributed by atoms with Crippen molar-refractivity contribution >= 4 is 34.1 Å². The summed E-state index contributed by atoms with van der Waals surface area (Å²) in [6.07, 6.45) is 0. The van der Waals surface area contributed by atoms with E-state index < -0.39 is 16.6 Å². The van der Waals surface area contributed by atoms with Crippen molar-refractivity contribution in [1.82, 2.24) is 4.98 Å². The summed E-state index contributed by atoms with van der Waals surface area (Å²) in [6, 6.07) is 12.1. The number of hydrogen-bond acceptors (Lipinski definition) is 7. The normalized spacial score (nSPS) is 10.4. The molecule has 2 aromatic carbocycles. The highest BCUT2D eigenvalue weighted by atomic mass is 16.6. The van der Waals surface area contributed by atoms with Crippen LogP contribution in [0.2, 0.25) is 0 Å². The molecule has 25 heavy (non-hydrogen) atoms. The molecule has 1 amide bonds. The second-order valence-corrected chi connectivity index (χ2v) is 5.07. The highest BCUT2D eigenvalue weighted by molar-refractivity contribution is 5.96. The molecule has 0 aliphatic heterocycles. The first-order chi connectivity index (χ1) is 12.0. The minimum Gasteiger partial charge on any atom is -0.389 e. The molecular weight excluding hydrogens is 328 g/mol. The molecule has 0 spiro atoms. The maximum Gasteiger partial charge on any atom is 0.440 e. The molecule has 126 valence electrons. The number of non-ortho nitro benzene ring substituents is 1. The maximum atomic E-state index is 12.0. The SMILES string of the molecule is CC(=O)N(Nc1oc(=O)nc2ccccc12)c1ccc([N+](=O)[O-])cc1. The van der Waals surface area contributed by atoms with E-state index in [1.807, 2.05) is 0 Å². The number of rotatable bonds is 4. The van der Waals surface area contributed by atoms with E-state index >= 15 is 0 Å². The summed E-state index contributed by atoms with van der Waals surface area (Å²) in [5, 5.41) is 12.4. The van der Waals surface area contributed by atoms with Crippen LogP contribution in [0.5, 0.6) is 0 Å². The van der Waals surface area contributed by atoms with Crippen LogP contribution in [0.1, 0.15) is 6.92 Å². The Balaban J connectivity index is 2.02. The Morgan fingerprint density at radius 2 is 1.88 bits per heavy atom. The van der Waals surface area contributed by atoms with Gasteiger partial charge >= 0.3 is 5.76 Å². The molecule has 1 heterocycles. The first kappa shape index (κ1) is 16.1. The summed E-state index contributed by atoms with van der Waals surface area (Å²) < 4.78 is 5.07. The summed E-state index contributed by atoms with van der Waals surface area (Å²) in [5.74, 6) is -1.17. The van der Waals surface area contributed by atoms with E-state index in [1.165, 1.54) is 31.2 Å². The number of anilines is 2. The lowest BCUT2D eigenvalue weighted by atomic mass is 10.2. The molecule has 1 N–H and O–H groups in total. The molecule has 0 fully saturated rings. The van der Waals surface area contributed by atoms with E-state index in [9.17, 15) is 19.7 Å². The fourth-order valence-electron chi connectivity index (χ4n) is 2.26. The summed E-state index contributed by atoms with van der Waals surface area (Å²) >= 11 is 0. The largest absolute Gasteiger partial charge is 0.440 e. The van der Waals surface area contributed by atoms with Crippen molar-refractivity contribution in [2.45, 2.75) is 6.92 Å². The molecule has 0 unspecified atom stereocenters. The lowest BCUT2D eigenvalue weighted by molar-refractivity contribution is -0.384. The molecule has 0 aliphatic rings. The standard InChI is InChI=1S/C16H12N4O5/c1-10(21)19(11-6-8-12(9-7-11)20(23)24)18-15-13-4-2-3-5-14(13)17-16(22)25-15/h2-9,18H,1H3. The number of carbonyl (C=O) groups is 1. The minimum atomic E-state index is -0.812. The van der Waals surface area contributed by atoms with Crippen LogP contribution in [0, 0.1) is 10.1 Å². The highest BCUT2D eigenvalue weighted by Gasteiger charge is 2.17. The highest BCUT2D eigenvalue weighted by Crippen LogP contribution is 2.24. The maximum absolute atomic E-state index is 12.0. The number of nitrogens with zero attached hydrogens (tertiary/aromatic N) is 3. The van der Waals surface area contributed by atoms with Gasteiger partial charge in [0.05, 0.1) is 21.5 Å². The van der Waals surface area contributed by atoms with Gasteiger partial charge in [0.1, 0.15) is 0 Å². The van der Waals surface area contributed by atoms with Crippen LogP contribution in [0.3, 0.4) is 0 Å². The quantitative estimate of drug-likeness (QED) is 0.572. The summed E-state index contributed by atoms with van der Waals surface area (Å²) in [5.41, 5.74) is 3.39. The topological polar surface area (TPSA) is 119 Å². The van der Waals surface area contributed by atoms with Crippen LogP contribution >= 0.6 is 0 Å². The third kappa shape index (κ3) is 3.29. The molecule has 0 saturated carbocycles. The number of nitro groups is 1. The van der Waals surface area contributed by atoms with Gasteiger partial charge in [0.25, 0.3) is 5.69 Å². The van der Waals surface area contributed by atoms with E-state index in [0.717, 1.165) is 5.01 Å². The van der Waals surface area contributed by atoms with Crippen LogP contribution in [0.4, 0.5) is 17.3 Å². The van der Waals surface area contributed by atoms with Crippen molar-refractivity contribution in [3.63, 3.8) is 0 Å². The van der Waals surface area contributed by atoms with Crippen molar-refractivity contribution in [1.29, 1.82) is 0 Å². The predicted octanol–water partition coefficient (Wildman–Crippen LogP) is 2.48. The van der Waals surface area contributed by atoms with Crippen molar-refractivity contribution in [2.24, 2.45) is 0 Å². The van der Waals surface area contributed by atoms with Gasteiger partial charge in [0, 0.05) is 19.1 Å². The number of benzene rings is 2. The van der Waals surface area contributed by atoms with E-state index in [2.05, 4.69) is 10.4 Å². The van der Waals surface area contributed by atoms with Gasteiger partial charge in [-0.2, -0.15) is 4.98 Å². The smallest absolute Gasteiger partial charge is 0.389 e. The Bertz CT molecular complexity index is 1010. The summed E-state index contributed by atoms with van der Waals surface area (Å²) in [6.45, 7) is 1.30. The van der Waals surface area contributed by atoms with E-state index in [0.29, 0.717) is 16.6 Å². The molecule has 9 nitrogen and oxygen atoms in total. The van der Waals surface area contributed by atoms with Crippen LogP contribution in [0.25, 0.3) is 10.9 Å². The van der Waals surface area contributed by atoms with Gasteiger partial charge in [-0.15, -0.1) is 0 Å². The second-order valence-electron chi connectivity index (χ2n) is 5.07. The Morgan fingerprint density at radius 3 is 2.52 bits per heavy atom. The van der Waals surface area contributed by atoms with Crippen molar-refractivity contribution in [3.8, 4) is 0 Å². The number of amides is 1. The number of nitro benzene ring substituents is 1. The van der Waals surface area contributed by atoms with Crippen molar-refractivity contribution in [2.75, 3.05) is 10.4 Å². The fraction of sp³-hybridized carbons (Fsp3) is 0.0625. The number of hydrazine groups is 1. The Labute approximate surface area is 140 Å². The zero-order valence-electron chi connectivity index (χ0n) is 13.0. The van der Waals surface area contributed by atoms with Crippen molar-refractivity contribution in [3.05, 3.63) is 69.2 Å². The molecule has 9 heteroatoms. The number of para-hydroxylation sites is 1. The van der Waals surface area contributed by atoms with E-state index in [4.69, 9.17) is 4.42 Å². The number of hydrogen-bond donors (Lipinski definition) is 1. The zero-order valence-corrected chi connectivity index (χ0v) is 13.0. The Kier molecular flexibility index (Phi) is 4.12. The van der Waals surface area contributed by atoms with Crippen LogP contribution < -0.4 is 16.2 Å². The van der Waals surface area contributed by atoms with Gasteiger partial charge in [-0.3, -0.25) is 20.3 Å². The van der Waals surface area contributed by atoms with E-state index in [1.54, 1.807) is 24.3 Å². The third-order valence-corrected chi connectivity index (χ3v) is 3.40. The number of aromatic nitrogens is 1. The minimum absolute atomic E-state index is 0.0455. The first-order valence-electron chi connectivity index (χ1n) is 7.17. The number of fused-ring (bicyclic) bond motifs is 1. The van der Waals surface area contributed by atoms with Gasteiger partial charge in [-0.05, 0) is 24.3 Å². The van der Waals surface area contributed by atoms with Gasteiger partial charge < -0.3 is 4.42 Å². The van der Waals surface area contributed by atoms with Crippen LogP contribution in [0.15, 0.2) is 57.7 Å². The molecule has 0 radical (unpaired) electrons. The van der Waals surface area contributed by atoms with E-state index in [-0.39, 0.29) is 11.6 Å². The molecule has 0 saturated heterocycles. The molecule has 0 atom stereocenters. The van der Waals surface area contributed by atoms with Gasteiger partial charge in [-0.25, -0.2) is 9.80 Å². The zero-order chi connectivity index (χ0) is 18.0. The van der Waals surface area contributed by atoms with Crippen LogP contribution in [-0.2, 0) is 4.79 Å². The molecule has 0 bridgehead atoms. The third-order valence-electron chi connectivity index (χ3n) is 3.40. The summed E-state index contributed by atoms with van der Waals surface area (Å²) in [4.78, 5) is 37.6. The monoisotopic (exact) mass is 340 g/mol. The average Bonchev–Trinajstić information content (AvgIpc) is 2.59. The van der Waals surface area contributed by atoms with Gasteiger partial charge in [0.2, 0.25) is 11.8 Å². The number of carbonyl (C=O) groups excluding carboxylic acids is 1. The molecular formula is C16H12N4O5. The fourth-order valence-corrected chi connectivity index (χ4v) is 2.26. The lowest BCUT2D eigenvalue weighted by Crippen LogP contribution is -2.34. The van der Waals surface area contributed by atoms with Crippen LogP contribution in [-0.4, -0.2) is 15.8 Å². The van der Waals surface area contributed by atoms with Crippen molar-refractivity contribution < 1.29 is 14.1 Å².